The molecular weight excluding hydrogens is 376 g/mol. The maximum Gasteiger partial charge on any atom is 0.266 e. The molecule has 2 aromatic heterocycles. The van der Waals surface area contributed by atoms with E-state index < -0.39 is 6.10 Å². The number of aliphatic hydroxyl groups excluding tert-OH is 1. The van der Waals surface area contributed by atoms with Crippen molar-refractivity contribution in [3.05, 3.63) is 73.9 Å². The Balaban J connectivity index is 1.84. The van der Waals surface area contributed by atoms with Gasteiger partial charge in [0.25, 0.3) is 5.91 Å². The standard InChI is InChI=1S/C21H24N2O2S2/c1-3-7-19-22-15(2)20(27-19)21(25)23(12-16-8-5-4-6-9-16)13-18(24)17-10-11-26-14-17/h4-6,8-11,14,18,24H,3,7,12-13H2,1-2H3/t18-/m1/s1. The number of aryl methyl sites for hydroxylation is 2. The van der Waals surface area contributed by atoms with E-state index >= 15 is 0 Å². The van der Waals surface area contributed by atoms with Gasteiger partial charge in [0.1, 0.15) is 4.88 Å². The third-order valence-corrected chi connectivity index (χ3v) is 6.23. The lowest BCUT2D eigenvalue weighted by atomic mass is 10.1. The van der Waals surface area contributed by atoms with Crippen molar-refractivity contribution in [2.45, 2.75) is 39.3 Å². The summed E-state index contributed by atoms with van der Waals surface area (Å²) in [6.07, 6.45) is 1.19. The zero-order valence-corrected chi connectivity index (χ0v) is 17.2. The quantitative estimate of drug-likeness (QED) is 0.588. The van der Waals surface area contributed by atoms with Gasteiger partial charge in [-0.1, -0.05) is 37.3 Å². The number of carbonyl (C=O) groups is 1. The molecule has 0 aliphatic rings. The van der Waals surface area contributed by atoms with Gasteiger partial charge in [-0.15, -0.1) is 11.3 Å². The maximum absolute atomic E-state index is 13.3. The van der Waals surface area contributed by atoms with Gasteiger partial charge in [0.15, 0.2) is 0 Å². The molecular formula is C21H24N2O2S2. The van der Waals surface area contributed by atoms with Gasteiger partial charge in [0.2, 0.25) is 0 Å². The smallest absolute Gasteiger partial charge is 0.266 e. The van der Waals surface area contributed by atoms with Crippen molar-refractivity contribution in [3.8, 4) is 0 Å². The highest BCUT2D eigenvalue weighted by Crippen LogP contribution is 2.24. The van der Waals surface area contributed by atoms with Gasteiger partial charge in [-0.05, 0) is 47.7 Å². The zero-order valence-electron chi connectivity index (χ0n) is 15.6. The number of aliphatic hydroxyl groups is 1. The van der Waals surface area contributed by atoms with Gasteiger partial charge in [-0.3, -0.25) is 4.79 Å². The predicted octanol–water partition coefficient (Wildman–Crippen LogP) is 4.84. The number of rotatable bonds is 8. The summed E-state index contributed by atoms with van der Waals surface area (Å²) in [5.41, 5.74) is 2.66. The number of amides is 1. The fourth-order valence-electron chi connectivity index (χ4n) is 2.92. The van der Waals surface area contributed by atoms with Gasteiger partial charge < -0.3 is 10.0 Å². The summed E-state index contributed by atoms with van der Waals surface area (Å²) in [4.78, 5) is 20.2. The number of aromatic nitrogens is 1. The van der Waals surface area contributed by atoms with E-state index in [4.69, 9.17) is 0 Å². The van der Waals surface area contributed by atoms with Crippen LogP contribution in [0, 0.1) is 6.92 Å². The van der Waals surface area contributed by atoms with E-state index in [2.05, 4.69) is 11.9 Å². The third-order valence-electron chi connectivity index (χ3n) is 4.32. The molecule has 0 aliphatic carbocycles. The first-order valence-corrected chi connectivity index (χ1v) is 10.8. The highest BCUT2D eigenvalue weighted by atomic mass is 32.1. The van der Waals surface area contributed by atoms with Crippen molar-refractivity contribution in [1.29, 1.82) is 0 Å². The fourth-order valence-corrected chi connectivity index (χ4v) is 4.76. The average molecular weight is 401 g/mol. The number of thiazole rings is 1. The highest BCUT2D eigenvalue weighted by molar-refractivity contribution is 7.13. The Kier molecular flexibility index (Phi) is 6.77. The van der Waals surface area contributed by atoms with Crippen LogP contribution in [0.2, 0.25) is 0 Å². The fraction of sp³-hybridized carbons (Fsp3) is 0.333. The van der Waals surface area contributed by atoms with Crippen LogP contribution in [0.3, 0.4) is 0 Å². The second kappa shape index (κ2) is 9.26. The van der Waals surface area contributed by atoms with Crippen LogP contribution in [0.15, 0.2) is 47.2 Å². The molecule has 1 N–H and O–H groups in total. The minimum Gasteiger partial charge on any atom is -0.387 e. The van der Waals surface area contributed by atoms with Crippen LogP contribution in [-0.2, 0) is 13.0 Å². The maximum atomic E-state index is 13.3. The summed E-state index contributed by atoms with van der Waals surface area (Å²) in [7, 11) is 0. The predicted molar refractivity (Wildman–Crippen MR) is 111 cm³/mol. The molecule has 0 saturated heterocycles. The van der Waals surface area contributed by atoms with E-state index in [0.717, 1.165) is 34.7 Å². The van der Waals surface area contributed by atoms with Crippen LogP contribution >= 0.6 is 22.7 Å². The van der Waals surface area contributed by atoms with Crippen molar-refractivity contribution in [1.82, 2.24) is 9.88 Å². The number of nitrogens with zero attached hydrogens (tertiary/aromatic N) is 2. The Morgan fingerprint density at radius 3 is 2.70 bits per heavy atom. The van der Waals surface area contributed by atoms with Crippen LogP contribution in [0.5, 0.6) is 0 Å². The van der Waals surface area contributed by atoms with Crippen LogP contribution < -0.4 is 0 Å². The number of hydrogen-bond acceptors (Lipinski definition) is 5. The SMILES string of the molecule is CCCc1nc(C)c(C(=O)N(Cc2ccccc2)C[C@@H](O)c2ccsc2)s1. The lowest BCUT2D eigenvalue weighted by Gasteiger charge is -2.25. The Hall–Kier alpha value is -2.02. The van der Waals surface area contributed by atoms with Crippen LogP contribution in [0.1, 0.15) is 50.9 Å². The number of hydrogen-bond donors (Lipinski definition) is 1. The van der Waals surface area contributed by atoms with Crippen molar-refractivity contribution < 1.29 is 9.90 Å². The lowest BCUT2D eigenvalue weighted by molar-refractivity contribution is 0.0608. The van der Waals surface area contributed by atoms with Crippen LogP contribution in [0.4, 0.5) is 0 Å². The largest absolute Gasteiger partial charge is 0.387 e. The van der Waals surface area contributed by atoms with Gasteiger partial charge in [-0.25, -0.2) is 4.98 Å². The molecule has 1 aromatic carbocycles. The Labute approximate surface area is 168 Å². The summed E-state index contributed by atoms with van der Waals surface area (Å²) in [6, 6.07) is 11.8. The summed E-state index contributed by atoms with van der Waals surface area (Å²) in [5.74, 6) is -0.0644. The zero-order chi connectivity index (χ0) is 19.2. The van der Waals surface area contributed by atoms with E-state index in [0.29, 0.717) is 11.4 Å². The highest BCUT2D eigenvalue weighted by Gasteiger charge is 2.24. The third kappa shape index (κ3) is 5.03. The van der Waals surface area contributed by atoms with E-state index in [1.165, 1.54) is 11.3 Å². The van der Waals surface area contributed by atoms with Crippen molar-refractivity contribution in [2.75, 3.05) is 6.54 Å². The first kappa shape index (κ1) is 19.7. The molecule has 4 nitrogen and oxygen atoms in total. The minimum atomic E-state index is -0.702. The molecule has 0 aliphatic heterocycles. The van der Waals surface area contributed by atoms with E-state index in [1.54, 1.807) is 16.2 Å². The Morgan fingerprint density at radius 1 is 1.26 bits per heavy atom. The molecule has 27 heavy (non-hydrogen) atoms. The number of carbonyl (C=O) groups excluding carboxylic acids is 1. The summed E-state index contributed by atoms with van der Waals surface area (Å²) in [5, 5.41) is 15.5. The summed E-state index contributed by atoms with van der Waals surface area (Å²) >= 11 is 3.02. The topological polar surface area (TPSA) is 53.4 Å². The molecule has 2 heterocycles. The first-order chi connectivity index (χ1) is 13.1. The normalized spacial score (nSPS) is 12.1. The first-order valence-electron chi connectivity index (χ1n) is 9.08. The van der Waals surface area contributed by atoms with Gasteiger partial charge in [0.05, 0.1) is 23.4 Å². The van der Waals surface area contributed by atoms with Crippen LogP contribution in [0.25, 0.3) is 0 Å². The second-order valence-electron chi connectivity index (χ2n) is 6.52. The molecule has 6 heteroatoms. The Morgan fingerprint density at radius 2 is 2.04 bits per heavy atom. The molecule has 0 fully saturated rings. The average Bonchev–Trinajstić information content (AvgIpc) is 3.32. The number of thiophene rings is 1. The molecule has 0 radical (unpaired) electrons. The van der Waals surface area contributed by atoms with Crippen molar-refractivity contribution >= 4 is 28.6 Å². The van der Waals surface area contributed by atoms with Gasteiger partial charge >= 0.3 is 0 Å². The monoisotopic (exact) mass is 400 g/mol. The van der Waals surface area contributed by atoms with E-state index in [1.807, 2.05) is 54.1 Å². The molecule has 1 amide bonds. The molecule has 3 rings (SSSR count). The van der Waals surface area contributed by atoms with E-state index in [9.17, 15) is 9.90 Å². The molecule has 3 aromatic rings. The molecule has 0 spiro atoms. The van der Waals surface area contributed by atoms with Crippen molar-refractivity contribution in [2.24, 2.45) is 0 Å². The van der Waals surface area contributed by atoms with Gasteiger partial charge in [0, 0.05) is 6.54 Å². The van der Waals surface area contributed by atoms with Crippen molar-refractivity contribution in [3.63, 3.8) is 0 Å². The molecule has 0 bridgehead atoms. The van der Waals surface area contributed by atoms with E-state index in [-0.39, 0.29) is 12.5 Å². The van der Waals surface area contributed by atoms with Gasteiger partial charge in [-0.2, -0.15) is 11.3 Å². The minimum absolute atomic E-state index is 0.0644. The summed E-state index contributed by atoms with van der Waals surface area (Å²) in [6.45, 7) is 4.71. The summed E-state index contributed by atoms with van der Waals surface area (Å²) < 4.78 is 0. The second-order valence-corrected chi connectivity index (χ2v) is 8.38. The Bertz CT molecular complexity index is 860. The van der Waals surface area contributed by atoms with Crippen LogP contribution in [-0.4, -0.2) is 27.4 Å². The molecule has 0 saturated carbocycles. The molecule has 142 valence electrons. The molecule has 0 unspecified atom stereocenters. The number of benzene rings is 1. The molecule has 1 atom stereocenters. The lowest BCUT2D eigenvalue weighted by Crippen LogP contribution is -2.34.